The molecule has 0 spiro atoms. The maximum atomic E-state index is 9.84. The number of benzene rings is 2. The van der Waals surface area contributed by atoms with Crippen LogP contribution in [0.15, 0.2) is 41.5 Å². The third-order valence-corrected chi connectivity index (χ3v) is 3.46. The lowest BCUT2D eigenvalue weighted by molar-refractivity contribution is 0.340. The summed E-state index contributed by atoms with van der Waals surface area (Å²) >= 11 is 5.16. The lowest BCUT2D eigenvalue weighted by atomic mass is 10.1. The third kappa shape index (κ3) is 4.74. The van der Waals surface area contributed by atoms with Gasteiger partial charge in [0.1, 0.15) is 5.75 Å². The van der Waals surface area contributed by atoms with Crippen LogP contribution in [-0.4, -0.2) is 32.8 Å². The molecule has 2 rings (SSSR count). The Morgan fingerprint density at radius 1 is 1.08 bits per heavy atom. The average Bonchev–Trinajstić information content (AvgIpc) is 2.60. The van der Waals surface area contributed by atoms with Gasteiger partial charge in [-0.25, -0.2) is 0 Å². The van der Waals surface area contributed by atoms with Gasteiger partial charge in [-0.2, -0.15) is 5.10 Å². The number of nitrogens with one attached hydrogen (secondary N) is 2. The van der Waals surface area contributed by atoms with E-state index in [-0.39, 0.29) is 10.7 Å². The molecule has 2 aromatic carbocycles. The number of hydrogen-bond acceptors (Lipinski definition) is 6. The SMILES string of the molecule is CCOc1ccc(NC(=S)N/N=C(\C)c2ccc(O)c(O)c2O)cc1. The topological polar surface area (TPSA) is 106 Å². The Balaban J connectivity index is 2.00. The number of ether oxygens (including phenoxy) is 1. The number of aromatic hydroxyl groups is 3. The Morgan fingerprint density at radius 3 is 2.40 bits per heavy atom. The normalized spacial score (nSPS) is 11.0. The number of anilines is 1. The first-order valence-corrected chi connectivity index (χ1v) is 7.91. The van der Waals surface area contributed by atoms with E-state index in [0.717, 1.165) is 11.4 Å². The van der Waals surface area contributed by atoms with E-state index in [0.29, 0.717) is 12.3 Å². The van der Waals surface area contributed by atoms with Crippen molar-refractivity contribution in [1.29, 1.82) is 0 Å². The Kier molecular flexibility index (Phi) is 6.02. The van der Waals surface area contributed by atoms with Gasteiger partial charge in [-0.05, 0) is 62.5 Å². The molecule has 0 aliphatic rings. The van der Waals surface area contributed by atoms with Crippen molar-refractivity contribution >= 4 is 28.7 Å². The minimum absolute atomic E-state index is 0.256. The van der Waals surface area contributed by atoms with Crippen LogP contribution in [0.25, 0.3) is 0 Å². The molecule has 7 nitrogen and oxygen atoms in total. The highest BCUT2D eigenvalue weighted by Crippen LogP contribution is 2.37. The number of phenolic OH excluding ortho intramolecular Hbond substituents is 3. The highest BCUT2D eigenvalue weighted by Gasteiger charge is 2.13. The maximum Gasteiger partial charge on any atom is 0.200 e. The summed E-state index contributed by atoms with van der Waals surface area (Å²) in [4.78, 5) is 0. The summed E-state index contributed by atoms with van der Waals surface area (Å²) in [7, 11) is 0. The van der Waals surface area contributed by atoms with Gasteiger partial charge < -0.3 is 25.4 Å². The highest BCUT2D eigenvalue weighted by molar-refractivity contribution is 7.80. The molecule has 0 bridgehead atoms. The van der Waals surface area contributed by atoms with Crippen LogP contribution in [0.1, 0.15) is 19.4 Å². The minimum Gasteiger partial charge on any atom is -0.504 e. The predicted molar refractivity (Wildman–Crippen MR) is 101 cm³/mol. The summed E-state index contributed by atoms with van der Waals surface area (Å²) in [5.74, 6) is -0.686. The quantitative estimate of drug-likeness (QED) is 0.241. The molecule has 5 N–H and O–H groups in total. The Labute approximate surface area is 150 Å². The van der Waals surface area contributed by atoms with Crippen molar-refractivity contribution in [2.24, 2.45) is 5.10 Å². The van der Waals surface area contributed by atoms with Crippen molar-refractivity contribution in [3.8, 4) is 23.0 Å². The van der Waals surface area contributed by atoms with Gasteiger partial charge in [0, 0.05) is 11.3 Å². The van der Waals surface area contributed by atoms with Crippen molar-refractivity contribution in [3.05, 3.63) is 42.0 Å². The first kappa shape index (κ1) is 18.3. The van der Waals surface area contributed by atoms with E-state index in [2.05, 4.69) is 15.8 Å². The molecule has 0 amide bonds. The Bertz CT molecular complexity index is 791. The number of hydrogen-bond donors (Lipinski definition) is 5. The minimum atomic E-state index is -0.595. The van der Waals surface area contributed by atoms with Crippen LogP contribution in [0, 0.1) is 0 Å². The van der Waals surface area contributed by atoms with Crippen molar-refractivity contribution in [2.45, 2.75) is 13.8 Å². The molecule has 0 aliphatic carbocycles. The summed E-state index contributed by atoms with van der Waals surface area (Å²) in [6.45, 7) is 4.13. The van der Waals surface area contributed by atoms with Crippen molar-refractivity contribution < 1.29 is 20.1 Å². The lowest BCUT2D eigenvalue weighted by Gasteiger charge is -2.10. The van der Waals surface area contributed by atoms with Crippen molar-refractivity contribution in [1.82, 2.24) is 5.43 Å². The van der Waals surface area contributed by atoms with E-state index in [1.165, 1.54) is 12.1 Å². The highest BCUT2D eigenvalue weighted by atomic mass is 32.1. The van der Waals surface area contributed by atoms with Crippen LogP contribution in [-0.2, 0) is 0 Å². The molecule has 2 aromatic rings. The van der Waals surface area contributed by atoms with Gasteiger partial charge in [0.15, 0.2) is 16.6 Å². The van der Waals surface area contributed by atoms with Crippen LogP contribution >= 0.6 is 12.2 Å². The average molecular weight is 361 g/mol. The van der Waals surface area contributed by atoms with Crippen LogP contribution in [0.4, 0.5) is 5.69 Å². The van der Waals surface area contributed by atoms with E-state index < -0.39 is 17.2 Å². The third-order valence-electron chi connectivity index (χ3n) is 3.27. The predicted octanol–water partition coefficient (Wildman–Crippen LogP) is 2.91. The van der Waals surface area contributed by atoms with E-state index in [1.54, 1.807) is 6.92 Å². The molecule has 0 aliphatic heterocycles. The second kappa shape index (κ2) is 8.20. The van der Waals surface area contributed by atoms with Crippen LogP contribution in [0.5, 0.6) is 23.0 Å². The summed E-state index contributed by atoms with van der Waals surface area (Å²) in [6, 6.07) is 9.98. The molecular weight excluding hydrogens is 342 g/mol. The van der Waals surface area contributed by atoms with Gasteiger partial charge in [0.2, 0.25) is 5.75 Å². The van der Waals surface area contributed by atoms with E-state index in [4.69, 9.17) is 17.0 Å². The fraction of sp³-hybridized carbons (Fsp3) is 0.176. The summed E-state index contributed by atoms with van der Waals surface area (Å²) < 4.78 is 5.36. The molecule has 25 heavy (non-hydrogen) atoms. The number of thiocarbonyl (C=S) groups is 1. The molecular formula is C17H19N3O4S. The first-order valence-electron chi connectivity index (χ1n) is 7.50. The number of rotatable bonds is 5. The molecule has 8 heteroatoms. The summed E-state index contributed by atoms with van der Waals surface area (Å²) in [6.07, 6.45) is 0. The zero-order valence-electron chi connectivity index (χ0n) is 13.8. The van der Waals surface area contributed by atoms with Crippen molar-refractivity contribution in [3.63, 3.8) is 0 Å². The standard InChI is InChI=1S/C17H19N3O4S/c1-3-24-12-6-4-11(5-7-12)18-17(25)20-19-10(2)13-8-9-14(21)16(23)15(13)22/h4-9,21-23H,3H2,1-2H3,(H2,18,20,25)/b19-10+. The Morgan fingerprint density at radius 2 is 1.76 bits per heavy atom. The molecule has 0 saturated heterocycles. The molecule has 0 unspecified atom stereocenters. The monoisotopic (exact) mass is 361 g/mol. The largest absolute Gasteiger partial charge is 0.504 e. The fourth-order valence-electron chi connectivity index (χ4n) is 2.02. The maximum absolute atomic E-state index is 9.84. The molecule has 0 fully saturated rings. The van der Waals surface area contributed by atoms with Gasteiger partial charge in [-0.3, -0.25) is 5.43 Å². The van der Waals surface area contributed by atoms with Gasteiger partial charge in [-0.15, -0.1) is 0 Å². The smallest absolute Gasteiger partial charge is 0.200 e. The number of hydrazone groups is 1. The first-order chi connectivity index (χ1) is 11.9. The van der Waals surface area contributed by atoms with Crippen LogP contribution < -0.4 is 15.5 Å². The molecule has 0 saturated carbocycles. The molecule has 0 heterocycles. The zero-order valence-corrected chi connectivity index (χ0v) is 14.6. The molecule has 132 valence electrons. The van der Waals surface area contributed by atoms with E-state index in [1.807, 2.05) is 31.2 Å². The zero-order chi connectivity index (χ0) is 18.4. The summed E-state index contributed by atoms with van der Waals surface area (Å²) in [5.41, 5.74) is 4.06. The molecule has 0 aromatic heterocycles. The second-order valence-electron chi connectivity index (χ2n) is 5.05. The molecule has 0 atom stereocenters. The Hall–Kier alpha value is -3.00. The van der Waals surface area contributed by atoms with Crippen LogP contribution in [0.3, 0.4) is 0 Å². The van der Waals surface area contributed by atoms with E-state index >= 15 is 0 Å². The second-order valence-corrected chi connectivity index (χ2v) is 5.46. The van der Waals surface area contributed by atoms with E-state index in [9.17, 15) is 15.3 Å². The van der Waals surface area contributed by atoms with Gasteiger partial charge in [-0.1, -0.05) is 0 Å². The van der Waals surface area contributed by atoms with Gasteiger partial charge in [0.25, 0.3) is 0 Å². The molecule has 0 radical (unpaired) electrons. The van der Waals surface area contributed by atoms with Crippen molar-refractivity contribution in [2.75, 3.05) is 11.9 Å². The number of phenols is 3. The van der Waals surface area contributed by atoms with Gasteiger partial charge >= 0.3 is 0 Å². The summed E-state index contributed by atoms with van der Waals surface area (Å²) in [5, 5.41) is 36.0. The lowest BCUT2D eigenvalue weighted by Crippen LogP contribution is -2.24. The van der Waals surface area contributed by atoms with Gasteiger partial charge in [0.05, 0.1) is 12.3 Å². The number of nitrogens with zero attached hydrogens (tertiary/aromatic N) is 1. The van der Waals surface area contributed by atoms with Crippen LogP contribution in [0.2, 0.25) is 0 Å². The fourth-order valence-corrected chi connectivity index (χ4v) is 2.18.